The Morgan fingerprint density at radius 3 is 2.74 bits per heavy atom. The molecule has 6 heteroatoms. The highest BCUT2D eigenvalue weighted by Crippen LogP contribution is 2.18. The Morgan fingerprint density at radius 1 is 1.35 bits per heavy atom. The minimum absolute atomic E-state index is 0.106. The average Bonchev–Trinajstić information content (AvgIpc) is 2.95. The van der Waals surface area contributed by atoms with Crippen molar-refractivity contribution in [3.05, 3.63) is 42.1 Å². The van der Waals surface area contributed by atoms with E-state index in [0.717, 1.165) is 17.7 Å². The third-order valence-electron chi connectivity index (χ3n) is 3.79. The van der Waals surface area contributed by atoms with E-state index in [1.165, 1.54) is 0 Å². The summed E-state index contributed by atoms with van der Waals surface area (Å²) in [7, 11) is 0. The van der Waals surface area contributed by atoms with Gasteiger partial charge in [-0.05, 0) is 31.9 Å². The first-order valence-electron chi connectivity index (χ1n) is 7.79. The van der Waals surface area contributed by atoms with E-state index in [9.17, 15) is 9.90 Å². The predicted octanol–water partition coefficient (Wildman–Crippen LogP) is 2.85. The van der Waals surface area contributed by atoms with Crippen molar-refractivity contribution in [2.75, 3.05) is 11.9 Å². The van der Waals surface area contributed by atoms with Gasteiger partial charge >= 0.3 is 6.03 Å². The molecule has 2 rings (SSSR count). The molecule has 1 atom stereocenters. The van der Waals surface area contributed by atoms with Gasteiger partial charge in [-0.25, -0.2) is 9.48 Å². The molecule has 2 amide bonds. The molecule has 1 unspecified atom stereocenters. The molecule has 0 saturated heterocycles. The summed E-state index contributed by atoms with van der Waals surface area (Å²) < 4.78 is 1.69. The van der Waals surface area contributed by atoms with E-state index in [-0.39, 0.29) is 12.6 Å². The summed E-state index contributed by atoms with van der Waals surface area (Å²) in [6.07, 6.45) is 3.21. The molecule has 23 heavy (non-hydrogen) atoms. The van der Waals surface area contributed by atoms with E-state index in [1.807, 2.05) is 45.0 Å². The molecular weight excluding hydrogens is 292 g/mol. The van der Waals surface area contributed by atoms with Crippen molar-refractivity contribution in [3.8, 4) is 5.69 Å². The lowest BCUT2D eigenvalue weighted by Gasteiger charge is -2.28. The Kier molecular flexibility index (Phi) is 5.39. The summed E-state index contributed by atoms with van der Waals surface area (Å²) in [6, 6.07) is 9.20. The van der Waals surface area contributed by atoms with Crippen molar-refractivity contribution in [1.82, 2.24) is 15.1 Å². The quantitative estimate of drug-likeness (QED) is 0.766. The van der Waals surface area contributed by atoms with Crippen LogP contribution in [0.2, 0.25) is 0 Å². The van der Waals surface area contributed by atoms with Gasteiger partial charge < -0.3 is 10.4 Å². The molecule has 0 saturated carbocycles. The first kappa shape index (κ1) is 17.0. The summed E-state index contributed by atoms with van der Waals surface area (Å²) in [5.74, 6) is 0.577. The van der Waals surface area contributed by atoms with Crippen molar-refractivity contribution in [2.45, 2.75) is 39.2 Å². The number of nitrogens with one attached hydrogen (secondary N) is 2. The Balaban J connectivity index is 2.15. The zero-order chi connectivity index (χ0) is 16.9. The molecule has 124 valence electrons. The second-order valence-corrected chi connectivity index (χ2v) is 5.96. The first-order valence-corrected chi connectivity index (χ1v) is 7.79. The first-order chi connectivity index (χ1) is 11.0. The van der Waals surface area contributed by atoms with Crippen LogP contribution < -0.4 is 10.6 Å². The normalized spacial score (nSPS) is 13.4. The third-order valence-corrected chi connectivity index (χ3v) is 3.79. The lowest BCUT2D eigenvalue weighted by atomic mass is 9.98. The van der Waals surface area contributed by atoms with E-state index in [4.69, 9.17) is 0 Å². The molecule has 0 spiro atoms. The van der Waals surface area contributed by atoms with Crippen LogP contribution in [0.3, 0.4) is 0 Å². The zero-order valence-electron chi connectivity index (χ0n) is 13.8. The molecule has 1 aromatic heterocycles. The highest BCUT2D eigenvalue weighted by atomic mass is 16.3. The van der Waals surface area contributed by atoms with E-state index in [1.54, 1.807) is 16.9 Å². The number of rotatable bonds is 6. The Bertz CT molecular complexity index is 668. The Morgan fingerprint density at radius 2 is 2.09 bits per heavy atom. The number of anilines is 1. The van der Waals surface area contributed by atoms with Crippen molar-refractivity contribution in [3.63, 3.8) is 0 Å². The van der Waals surface area contributed by atoms with Crippen molar-refractivity contribution in [2.24, 2.45) is 0 Å². The van der Waals surface area contributed by atoms with E-state index in [0.29, 0.717) is 12.2 Å². The summed E-state index contributed by atoms with van der Waals surface area (Å²) in [5, 5.41) is 19.4. The third kappa shape index (κ3) is 4.10. The van der Waals surface area contributed by atoms with Gasteiger partial charge in [-0.3, -0.25) is 5.32 Å². The standard InChI is InChI=1S/C17H24N4O2/c1-4-10-17(3,12-22)20-16(23)19-15-9-11-18-21(15)14-8-6-5-7-13(14)2/h5-9,11,22H,4,10,12H2,1-3H3,(H2,19,20,23). The lowest BCUT2D eigenvalue weighted by molar-refractivity contribution is 0.167. The lowest BCUT2D eigenvalue weighted by Crippen LogP contribution is -2.50. The van der Waals surface area contributed by atoms with E-state index >= 15 is 0 Å². The van der Waals surface area contributed by atoms with Gasteiger partial charge in [0, 0.05) is 6.07 Å². The van der Waals surface area contributed by atoms with Crippen LogP contribution in [0.5, 0.6) is 0 Å². The molecule has 1 aromatic carbocycles. The molecule has 0 bridgehead atoms. The van der Waals surface area contributed by atoms with E-state index < -0.39 is 5.54 Å². The molecule has 0 aliphatic heterocycles. The average molecular weight is 316 g/mol. The maximum absolute atomic E-state index is 12.3. The van der Waals surface area contributed by atoms with Gasteiger partial charge in [0.2, 0.25) is 0 Å². The number of urea groups is 1. The number of aryl methyl sites for hydroxylation is 1. The van der Waals surface area contributed by atoms with Gasteiger partial charge in [-0.2, -0.15) is 5.10 Å². The second-order valence-electron chi connectivity index (χ2n) is 5.96. The number of hydrogen-bond donors (Lipinski definition) is 3. The molecule has 6 nitrogen and oxygen atoms in total. The van der Waals surface area contributed by atoms with Crippen LogP contribution in [-0.4, -0.2) is 33.1 Å². The number of aliphatic hydroxyl groups excluding tert-OH is 1. The van der Waals surface area contributed by atoms with Crippen molar-refractivity contribution < 1.29 is 9.90 Å². The molecule has 3 N–H and O–H groups in total. The van der Waals surface area contributed by atoms with Gasteiger partial charge in [-0.1, -0.05) is 31.5 Å². The summed E-state index contributed by atoms with van der Waals surface area (Å²) in [5.41, 5.74) is 1.34. The fourth-order valence-electron chi connectivity index (χ4n) is 2.55. The Labute approximate surface area is 136 Å². The number of carbonyl (C=O) groups excluding carboxylic acids is 1. The molecule has 0 aliphatic carbocycles. The van der Waals surface area contributed by atoms with Crippen LogP contribution in [0.25, 0.3) is 5.69 Å². The number of hydrogen-bond acceptors (Lipinski definition) is 3. The Hall–Kier alpha value is -2.34. The SMILES string of the molecule is CCCC(C)(CO)NC(=O)Nc1ccnn1-c1ccccc1C. The second kappa shape index (κ2) is 7.28. The van der Waals surface area contributed by atoms with Crippen LogP contribution in [0.1, 0.15) is 32.3 Å². The fourth-order valence-corrected chi connectivity index (χ4v) is 2.55. The number of aromatic nitrogens is 2. The zero-order valence-corrected chi connectivity index (χ0v) is 13.8. The van der Waals surface area contributed by atoms with Gasteiger partial charge in [-0.15, -0.1) is 0 Å². The molecular formula is C17H24N4O2. The predicted molar refractivity (Wildman–Crippen MR) is 90.9 cm³/mol. The van der Waals surface area contributed by atoms with Crippen LogP contribution >= 0.6 is 0 Å². The van der Waals surface area contributed by atoms with Crippen LogP contribution in [0.15, 0.2) is 36.5 Å². The highest BCUT2D eigenvalue weighted by molar-refractivity contribution is 5.89. The summed E-state index contributed by atoms with van der Waals surface area (Å²) in [6.45, 7) is 5.73. The van der Waals surface area contributed by atoms with Crippen LogP contribution in [0, 0.1) is 6.92 Å². The largest absolute Gasteiger partial charge is 0.394 e. The van der Waals surface area contributed by atoms with E-state index in [2.05, 4.69) is 15.7 Å². The molecule has 0 radical (unpaired) electrons. The van der Waals surface area contributed by atoms with Crippen LogP contribution in [-0.2, 0) is 0 Å². The minimum Gasteiger partial charge on any atom is -0.394 e. The maximum Gasteiger partial charge on any atom is 0.320 e. The minimum atomic E-state index is -0.633. The molecule has 2 aromatic rings. The fraction of sp³-hybridized carbons (Fsp3) is 0.412. The van der Waals surface area contributed by atoms with Gasteiger partial charge in [0.1, 0.15) is 5.82 Å². The number of nitrogens with zero attached hydrogens (tertiary/aromatic N) is 2. The topological polar surface area (TPSA) is 79.2 Å². The molecule has 0 aliphatic rings. The molecule has 0 fully saturated rings. The molecule has 1 heterocycles. The number of para-hydroxylation sites is 1. The number of amides is 2. The highest BCUT2D eigenvalue weighted by Gasteiger charge is 2.25. The van der Waals surface area contributed by atoms with Gasteiger partial charge in [0.05, 0.1) is 24.0 Å². The summed E-state index contributed by atoms with van der Waals surface area (Å²) in [4.78, 5) is 12.3. The monoisotopic (exact) mass is 316 g/mol. The number of aliphatic hydroxyl groups is 1. The van der Waals surface area contributed by atoms with Crippen molar-refractivity contribution in [1.29, 1.82) is 0 Å². The number of benzene rings is 1. The van der Waals surface area contributed by atoms with Gasteiger partial charge in [0.15, 0.2) is 0 Å². The maximum atomic E-state index is 12.3. The number of carbonyl (C=O) groups is 1. The van der Waals surface area contributed by atoms with Gasteiger partial charge in [0.25, 0.3) is 0 Å². The smallest absolute Gasteiger partial charge is 0.320 e. The summed E-state index contributed by atoms with van der Waals surface area (Å²) >= 11 is 0. The van der Waals surface area contributed by atoms with Crippen molar-refractivity contribution >= 4 is 11.8 Å². The van der Waals surface area contributed by atoms with Crippen LogP contribution in [0.4, 0.5) is 10.6 Å².